The van der Waals surface area contributed by atoms with E-state index in [1.807, 2.05) is 17.0 Å². The van der Waals surface area contributed by atoms with Gasteiger partial charge in [-0.1, -0.05) is 0 Å². The minimum Gasteiger partial charge on any atom is -0.423 e. The fourth-order valence-electron chi connectivity index (χ4n) is 6.02. The van der Waals surface area contributed by atoms with Crippen molar-refractivity contribution in [2.24, 2.45) is 0 Å². The summed E-state index contributed by atoms with van der Waals surface area (Å²) in [6, 6.07) is 6.74. The molecule has 8 rings (SSSR count). The topological polar surface area (TPSA) is 165 Å². The lowest BCUT2D eigenvalue weighted by Gasteiger charge is -2.36. The van der Waals surface area contributed by atoms with Crippen molar-refractivity contribution < 1.29 is 19.6 Å². The molecule has 2 N–H and O–H groups in total. The zero-order chi connectivity index (χ0) is 32.4. The van der Waals surface area contributed by atoms with E-state index in [-0.39, 0.29) is 29.2 Å². The Hall–Kier alpha value is -4.73. The molecule has 16 heteroatoms. The number of carbonyl (C=O) groups is 2. The second-order valence-corrected chi connectivity index (χ2v) is 11.5. The number of likely N-dealkylation sites (N-methyl/N-ethyl adjacent to an activating group) is 2. The molecule has 0 aliphatic carbocycles. The molecular weight excluding hydrogens is 611 g/mol. The molecule has 4 aromatic rings. The molecular formula is C30H32BClN10O4. The average molecular weight is 643 g/mol. The number of amides is 2. The van der Waals surface area contributed by atoms with E-state index in [0.29, 0.717) is 11.3 Å². The van der Waals surface area contributed by atoms with Gasteiger partial charge in [-0.25, -0.2) is 15.0 Å². The number of nitrogens with zero attached hydrogens (tertiary/aromatic N) is 10. The predicted octanol–water partition coefficient (Wildman–Crippen LogP) is 1.32. The minimum absolute atomic E-state index is 0.0662. The van der Waals surface area contributed by atoms with Crippen LogP contribution in [-0.4, -0.2) is 98.2 Å². The predicted molar refractivity (Wildman–Crippen MR) is 174 cm³/mol. The second kappa shape index (κ2) is 13.3. The zero-order valence-corrected chi connectivity index (χ0v) is 26.1. The molecule has 0 bridgehead atoms. The van der Waals surface area contributed by atoms with Crippen LogP contribution >= 0.6 is 11.6 Å². The first-order valence-corrected chi connectivity index (χ1v) is 15.3. The Balaban J connectivity index is 0.000000131. The first kappa shape index (κ1) is 31.3. The molecule has 0 saturated carbocycles. The molecule has 4 aromatic heterocycles. The van der Waals surface area contributed by atoms with E-state index in [1.165, 1.54) is 12.4 Å². The Morgan fingerprint density at radius 3 is 1.78 bits per heavy atom. The Morgan fingerprint density at radius 2 is 1.26 bits per heavy atom. The van der Waals surface area contributed by atoms with E-state index in [2.05, 4.69) is 29.8 Å². The molecule has 0 spiro atoms. The highest BCUT2D eigenvalue weighted by Crippen LogP contribution is 2.39. The lowest BCUT2D eigenvalue weighted by atomic mass is 9.81. The highest BCUT2D eigenvalue weighted by Gasteiger charge is 2.41. The molecule has 0 radical (unpaired) electrons. The van der Waals surface area contributed by atoms with Crippen molar-refractivity contribution in [3.05, 3.63) is 66.7 Å². The van der Waals surface area contributed by atoms with Crippen LogP contribution in [0.15, 0.2) is 61.4 Å². The van der Waals surface area contributed by atoms with Crippen LogP contribution in [0.4, 0.5) is 23.0 Å². The van der Waals surface area contributed by atoms with Gasteiger partial charge in [0, 0.05) is 57.5 Å². The third kappa shape index (κ3) is 6.08. The van der Waals surface area contributed by atoms with Crippen LogP contribution in [0.25, 0.3) is 11.4 Å². The van der Waals surface area contributed by atoms with Gasteiger partial charge in [0.2, 0.25) is 17.1 Å². The molecule has 0 unspecified atom stereocenters. The average Bonchev–Trinajstić information content (AvgIpc) is 3.79. The van der Waals surface area contributed by atoms with Crippen molar-refractivity contribution in [1.29, 1.82) is 0 Å². The molecule has 2 fully saturated rings. The Kier molecular flexibility index (Phi) is 9.06. The van der Waals surface area contributed by atoms with Gasteiger partial charge in [-0.15, -0.1) is 0 Å². The molecule has 2 atom stereocenters. The SMILES string of the molecule is CN1C(=O)[C@H]2CCCN2c2nc(-c3ccncc3)ncc21.CN1C(=O)[C@H]2CCCN2c2nc(Cl)ncc21.OB(O)c1ccncc1. The molecule has 8 heterocycles. The van der Waals surface area contributed by atoms with Gasteiger partial charge in [-0.3, -0.25) is 19.6 Å². The molecule has 46 heavy (non-hydrogen) atoms. The maximum absolute atomic E-state index is 12.3. The van der Waals surface area contributed by atoms with Crippen molar-refractivity contribution in [2.45, 2.75) is 37.8 Å². The zero-order valence-electron chi connectivity index (χ0n) is 25.3. The summed E-state index contributed by atoms with van der Waals surface area (Å²) in [6.07, 6.45) is 13.7. The van der Waals surface area contributed by atoms with Gasteiger partial charge in [0.25, 0.3) is 0 Å². The van der Waals surface area contributed by atoms with Gasteiger partial charge in [-0.2, -0.15) is 4.98 Å². The van der Waals surface area contributed by atoms with Crippen LogP contribution in [0.1, 0.15) is 25.7 Å². The lowest BCUT2D eigenvalue weighted by molar-refractivity contribution is -0.120. The van der Waals surface area contributed by atoms with E-state index in [0.717, 1.165) is 67.3 Å². The first-order valence-electron chi connectivity index (χ1n) is 14.9. The Morgan fingerprint density at radius 1 is 0.761 bits per heavy atom. The smallest absolute Gasteiger partial charge is 0.423 e. The number of carbonyl (C=O) groups excluding carboxylic acids is 2. The summed E-state index contributed by atoms with van der Waals surface area (Å²) in [5.74, 6) is 2.58. The quantitative estimate of drug-likeness (QED) is 0.238. The Bertz CT molecular complexity index is 1720. The molecule has 236 valence electrons. The summed E-state index contributed by atoms with van der Waals surface area (Å²) in [5.41, 5.74) is 2.93. The van der Waals surface area contributed by atoms with Crippen LogP contribution in [0.5, 0.6) is 0 Å². The van der Waals surface area contributed by atoms with Crippen LogP contribution in [-0.2, 0) is 9.59 Å². The van der Waals surface area contributed by atoms with E-state index in [1.54, 1.807) is 60.8 Å². The fourth-order valence-corrected chi connectivity index (χ4v) is 6.15. The van der Waals surface area contributed by atoms with E-state index >= 15 is 0 Å². The second-order valence-electron chi connectivity index (χ2n) is 11.1. The van der Waals surface area contributed by atoms with Gasteiger partial charge in [0.05, 0.1) is 12.4 Å². The summed E-state index contributed by atoms with van der Waals surface area (Å²) in [7, 11) is 2.17. The maximum atomic E-state index is 12.3. The number of pyridine rings is 2. The number of fused-ring (bicyclic) bond motifs is 6. The van der Waals surface area contributed by atoms with Gasteiger partial charge in [0.15, 0.2) is 17.5 Å². The number of anilines is 4. The van der Waals surface area contributed by atoms with Gasteiger partial charge >= 0.3 is 7.12 Å². The number of rotatable bonds is 2. The van der Waals surface area contributed by atoms with E-state index in [4.69, 9.17) is 26.6 Å². The van der Waals surface area contributed by atoms with Crippen molar-refractivity contribution in [3.63, 3.8) is 0 Å². The summed E-state index contributed by atoms with van der Waals surface area (Å²) in [5, 5.41) is 17.3. The van der Waals surface area contributed by atoms with Crippen LogP contribution < -0.4 is 25.1 Å². The summed E-state index contributed by atoms with van der Waals surface area (Å²) in [6.45, 7) is 1.74. The van der Waals surface area contributed by atoms with Crippen LogP contribution in [0, 0.1) is 0 Å². The van der Waals surface area contributed by atoms with Crippen molar-refractivity contribution >= 4 is 59.0 Å². The fraction of sp³-hybridized carbons (Fsp3) is 0.333. The highest BCUT2D eigenvalue weighted by molar-refractivity contribution is 6.58. The van der Waals surface area contributed by atoms with Gasteiger partial charge in [0.1, 0.15) is 23.5 Å². The molecule has 4 aliphatic rings. The summed E-state index contributed by atoms with van der Waals surface area (Å²) in [4.78, 5) is 56.8. The number of aromatic nitrogens is 6. The Labute approximate surface area is 270 Å². The third-order valence-electron chi connectivity index (χ3n) is 8.42. The molecule has 14 nitrogen and oxygen atoms in total. The van der Waals surface area contributed by atoms with E-state index in [9.17, 15) is 9.59 Å². The van der Waals surface area contributed by atoms with Crippen molar-refractivity contribution in [2.75, 3.05) is 46.8 Å². The molecule has 4 aliphatic heterocycles. The first-order chi connectivity index (χ1) is 22.2. The molecule has 2 saturated heterocycles. The maximum Gasteiger partial charge on any atom is 0.488 e. The third-order valence-corrected chi connectivity index (χ3v) is 8.60. The standard InChI is InChI=1S/C15H15N5O.C10H11ClN4O.C5H6BNO2/c1-19-12-9-17-13(10-4-6-16-7-5-10)18-14(12)20-8-2-3-11(20)15(19)21;1-14-7-5-12-10(11)13-8(7)15-4-2-3-6(15)9(14)16;8-6(9)5-1-3-7-4-2-5/h4-7,9,11H,2-3,8H2,1H3;5-6H,2-4H2,1H3;1-4,8-9H/t11-;6-;/m11./s1. The van der Waals surface area contributed by atoms with Crippen LogP contribution in [0.2, 0.25) is 5.28 Å². The van der Waals surface area contributed by atoms with Gasteiger partial charge < -0.3 is 29.6 Å². The molecule has 0 aromatic carbocycles. The van der Waals surface area contributed by atoms with Crippen LogP contribution in [0.3, 0.4) is 0 Å². The van der Waals surface area contributed by atoms with Gasteiger partial charge in [-0.05, 0) is 67.0 Å². The summed E-state index contributed by atoms with van der Waals surface area (Å²) < 4.78 is 0. The van der Waals surface area contributed by atoms with Crippen molar-refractivity contribution in [3.8, 4) is 11.4 Å². The van der Waals surface area contributed by atoms with Crippen molar-refractivity contribution in [1.82, 2.24) is 29.9 Å². The normalized spacial score (nSPS) is 19.2. The number of hydrogen-bond acceptors (Lipinski definition) is 12. The monoisotopic (exact) mass is 642 g/mol. The lowest BCUT2D eigenvalue weighted by Crippen LogP contribution is -2.49. The minimum atomic E-state index is -1.38. The highest BCUT2D eigenvalue weighted by atomic mass is 35.5. The largest absolute Gasteiger partial charge is 0.488 e. The van der Waals surface area contributed by atoms with E-state index < -0.39 is 7.12 Å². The molecule has 2 amide bonds. The summed E-state index contributed by atoms with van der Waals surface area (Å²) >= 11 is 5.80. The number of hydrogen-bond donors (Lipinski definition) is 2. The number of halogens is 1.